The molecule has 1 aliphatic heterocycles. The number of aromatic nitrogens is 3. The van der Waals surface area contributed by atoms with Crippen LogP contribution in [0.4, 0.5) is 8.78 Å². The molecule has 3 heterocycles. The molecule has 25 heavy (non-hydrogen) atoms. The van der Waals surface area contributed by atoms with Crippen molar-refractivity contribution in [2.45, 2.75) is 19.1 Å². The maximum absolute atomic E-state index is 13.6. The highest BCUT2D eigenvalue weighted by Crippen LogP contribution is 2.27. The van der Waals surface area contributed by atoms with Gasteiger partial charge in [0.15, 0.2) is 0 Å². The fourth-order valence-electron chi connectivity index (χ4n) is 3.44. The number of halogens is 2. The Morgan fingerprint density at radius 2 is 2.08 bits per heavy atom. The Hall–Kier alpha value is -2.38. The van der Waals surface area contributed by atoms with Crippen LogP contribution in [0.1, 0.15) is 24.0 Å². The summed E-state index contributed by atoms with van der Waals surface area (Å²) < 4.78 is 28.3. The van der Waals surface area contributed by atoms with Crippen LogP contribution in [-0.2, 0) is 6.54 Å². The summed E-state index contributed by atoms with van der Waals surface area (Å²) in [5, 5.41) is 3.37. The van der Waals surface area contributed by atoms with E-state index >= 15 is 0 Å². The Labute approximate surface area is 144 Å². The summed E-state index contributed by atoms with van der Waals surface area (Å²) in [6.45, 7) is 0.126. The molecule has 1 aliphatic rings. The van der Waals surface area contributed by atoms with Crippen LogP contribution in [0.3, 0.4) is 0 Å². The first kappa shape index (κ1) is 16.1. The molecule has 2 aromatic heterocycles. The molecule has 0 spiro atoms. The number of rotatable bonds is 4. The molecule has 4 rings (SSSR count). The number of piperazine rings is 1. The highest BCUT2D eigenvalue weighted by atomic mass is 19.3. The van der Waals surface area contributed by atoms with Crippen LogP contribution < -0.4 is 5.32 Å². The van der Waals surface area contributed by atoms with Gasteiger partial charge in [-0.05, 0) is 23.8 Å². The highest BCUT2D eigenvalue weighted by Gasteiger charge is 2.27. The van der Waals surface area contributed by atoms with Gasteiger partial charge in [0.2, 0.25) is 0 Å². The number of alkyl halides is 2. The number of nitrogens with one attached hydrogen (secondary N) is 1. The number of pyridine rings is 1. The first-order chi connectivity index (χ1) is 12.2. The Bertz CT molecular complexity index is 849. The topological polar surface area (TPSA) is 46.0 Å². The number of benzene rings is 1. The lowest BCUT2D eigenvalue weighted by molar-refractivity contribution is 0.0647. The molecular formula is C18H19F2N5. The summed E-state index contributed by atoms with van der Waals surface area (Å²) in [5.41, 5.74) is 2.15. The van der Waals surface area contributed by atoms with E-state index in [9.17, 15) is 8.78 Å². The second kappa shape index (κ2) is 6.85. The van der Waals surface area contributed by atoms with E-state index in [4.69, 9.17) is 0 Å². The summed E-state index contributed by atoms with van der Waals surface area (Å²) in [7, 11) is 0. The van der Waals surface area contributed by atoms with Gasteiger partial charge in [0.1, 0.15) is 5.82 Å². The first-order valence-corrected chi connectivity index (χ1v) is 8.33. The Morgan fingerprint density at radius 3 is 2.88 bits per heavy atom. The van der Waals surface area contributed by atoms with Crippen LogP contribution in [0.5, 0.6) is 0 Å². The van der Waals surface area contributed by atoms with Gasteiger partial charge in [-0.25, -0.2) is 4.98 Å². The quantitative estimate of drug-likeness (QED) is 0.791. The van der Waals surface area contributed by atoms with E-state index in [0.717, 1.165) is 29.8 Å². The van der Waals surface area contributed by atoms with E-state index in [1.807, 2.05) is 24.4 Å². The van der Waals surface area contributed by atoms with Gasteiger partial charge in [-0.15, -0.1) is 0 Å². The molecular weight excluding hydrogens is 324 g/mol. The zero-order chi connectivity index (χ0) is 17.2. The zero-order valence-electron chi connectivity index (χ0n) is 13.6. The highest BCUT2D eigenvalue weighted by molar-refractivity contribution is 5.75. The van der Waals surface area contributed by atoms with E-state index in [-0.39, 0.29) is 6.04 Å². The van der Waals surface area contributed by atoms with E-state index in [1.165, 1.54) is 0 Å². The zero-order valence-corrected chi connectivity index (χ0v) is 13.6. The van der Waals surface area contributed by atoms with Gasteiger partial charge in [-0.2, -0.15) is 8.78 Å². The number of imidazole rings is 1. The van der Waals surface area contributed by atoms with Crippen molar-refractivity contribution in [1.82, 2.24) is 24.8 Å². The fraction of sp³-hybridized carbons (Fsp3) is 0.333. The Balaban J connectivity index is 1.68. The minimum atomic E-state index is -2.61. The van der Waals surface area contributed by atoms with Crippen LogP contribution in [0.2, 0.25) is 0 Å². The molecule has 1 fully saturated rings. The minimum Gasteiger partial charge on any atom is -0.314 e. The van der Waals surface area contributed by atoms with E-state index < -0.39 is 6.55 Å². The minimum absolute atomic E-state index is 0.0911. The number of fused-ring (bicyclic) bond motifs is 1. The molecule has 0 aliphatic carbocycles. The van der Waals surface area contributed by atoms with E-state index in [1.54, 1.807) is 24.4 Å². The molecule has 1 atom stereocenters. The van der Waals surface area contributed by atoms with Crippen molar-refractivity contribution < 1.29 is 8.78 Å². The SMILES string of the molecule is FC(F)n1c(CN2CCNCC2c2cccnc2)nc2ccccc21. The van der Waals surface area contributed by atoms with Crippen molar-refractivity contribution in [1.29, 1.82) is 0 Å². The van der Waals surface area contributed by atoms with Crippen molar-refractivity contribution in [2.75, 3.05) is 19.6 Å². The number of hydrogen-bond acceptors (Lipinski definition) is 4. The molecule has 1 saturated heterocycles. The molecule has 1 unspecified atom stereocenters. The molecule has 3 aromatic rings. The van der Waals surface area contributed by atoms with Crippen molar-refractivity contribution in [3.05, 3.63) is 60.2 Å². The smallest absolute Gasteiger partial charge is 0.314 e. The third-order valence-electron chi connectivity index (χ3n) is 4.63. The molecule has 0 saturated carbocycles. The Kier molecular flexibility index (Phi) is 4.42. The summed E-state index contributed by atoms with van der Waals surface area (Å²) in [5.74, 6) is 0.395. The fourth-order valence-corrected chi connectivity index (χ4v) is 3.44. The average Bonchev–Trinajstić information content (AvgIpc) is 3.01. The van der Waals surface area contributed by atoms with Crippen molar-refractivity contribution in [2.24, 2.45) is 0 Å². The predicted molar refractivity (Wildman–Crippen MR) is 91.2 cm³/mol. The van der Waals surface area contributed by atoms with E-state index in [0.29, 0.717) is 23.4 Å². The molecule has 1 aromatic carbocycles. The normalized spacial score (nSPS) is 18.9. The number of hydrogen-bond donors (Lipinski definition) is 1. The maximum Gasteiger partial charge on any atom is 0.320 e. The van der Waals surface area contributed by atoms with Gasteiger partial charge in [0.25, 0.3) is 0 Å². The summed E-state index contributed by atoms with van der Waals surface area (Å²) in [4.78, 5) is 10.8. The summed E-state index contributed by atoms with van der Waals surface area (Å²) in [6.07, 6.45) is 3.57. The van der Waals surface area contributed by atoms with Gasteiger partial charge in [-0.3, -0.25) is 14.5 Å². The molecule has 130 valence electrons. The van der Waals surface area contributed by atoms with Crippen LogP contribution >= 0.6 is 0 Å². The number of para-hydroxylation sites is 2. The second-order valence-corrected chi connectivity index (χ2v) is 6.14. The van der Waals surface area contributed by atoms with Crippen LogP contribution in [0, 0.1) is 0 Å². The van der Waals surface area contributed by atoms with Crippen molar-refractivity contribution in [3.8, 4) is 0 Å². The first-order valence-electron chi connectivity index (χ1n) is 8.33. The molecule has 1 N–H and O–H groups in total. The lowest BCUT2D eigenvalue weighted by Crippen LogP contribution is -2.45. The molecule has 0 amide bonds. The van der Waals surface area contributed by atoms with Crippen molar-refractivity contribution >= 4 is 11.0 Å². The van der Waals surface area contributed by atoms with Gasteiger partial charge in [0.05, 0.1) is 17.6 Å². The van der Waals surface area contributed by atoms with Crippen LogP contribution in [0.25, 0.3) is 11.0 Å². The van der Waals surface area contributed by atoms with E-state index in [2.05, 4.69) is 20.2 Å². The lowest BCUT2D eigenvalue weighted by atomic mass is 10.1. The third-order valence-corrected chi connectivity index (χ3v) is 4.63. The summed E-state index contributed by atoms with van der Waals surface area (Å²) >= 11 is 0. The van der Waals surface area contributed by atoms with Gasteiger partial charge < -0.3 is 5.32 Å². The average molecular weight is 343 g/mol. The third kappa shape index (κ3) is 3.12. The van der Waals surface area contributed by atoms with Crippen molar-refractivity contribution in [3.63, 3.8) is 0 Å². The standard InChI is InChI=1S/C18H19F2N5/c19-18(20)25-15-6-2-1-5-14(15)23-17(25)12-24-9-8-22-11-16(24)13-4-3-7-21-10-13/h1-7,10,16,18,22H,8-9,11-12H2. The van der Waals surface area contributed by atoms with Crippen LogP contribution in [0.15, 0.2) is 48.8 Å². The predicted octanol–water partition coefficient (Wildman–Crippen LogP) is 2.97. The largest absolute Gasteiger partial charge is 0.320 e. The second-order valence-electron chi connectivity index (χ2n) is 6.14. The lowest BCUT2D eigenvalue weighted by Gasteiger charge is -2.36. The summed E-state index contributed by atoms with van der Waals surface area (Å²) in [6, 6.07) is 11.1. The maximum atomic E-state index is 13.6. The molecule has 0 radical (unpaired) electrons. The van der Waals surface area contributed by atoms with Crippen LogP contribution in [-0.4, -0.2) is 39.1 Å². The molecule has 0 bridgehead atoms. The monoisotopic (exact) mass is 343 g/mol. The van der Waals surface area contributed by atoms with Gasteiger partial charge in [0, 0.05) is 38.1 Å². The van der Waals surface area contributed by atoms with Gasteiger partial charge in [-0.1, -0.05) is 18.2 Å². The van der Waals surface area contributed by atoms with Gasteiger partial charge >= 0.3 is 6.55 Å². The molecule has 7 heteroatoms. The number of nitrogens with zero attached hydrogens (tertiary/aromatic N) is 4. The molecule has 5 nitrogen and oxygen atoms in total. The Morgan fingerprint density at radius 1 is 1.20 bits per heavy atom.